The monoisotopic (exact) mass is 307 g/mol. The summed E-state index contributed by atoms with van der Waals surface area (Å²) >= 11 is 0. The Bertz CT molecular complexity index is 779. The van der Waals surface area contributed by atoms with E-state index in [-0.39, 0.29) is 10.8 Å². The van der Waals surface area contributed by atoms with Crippen molar-refractivity contribution in [1.29, 1.82) is 0 Å². The summed E-state index contributed by atoms with van der Waals surface area (Å²) in [5.74, 6) is -0.0603. The number of anilines is 2. The molecule has 1 heterocycles. The summed E-state index contributed by atoms with van der Waals surface area (Å²) in [6.07, 6.45) is 0. The van der Waals surface area contributed by atoms with Gasteiger partial charge in [0.2, 0.25) is 0 Å². The zero-order valence-corrected chi connectivity index (χ0v) is 13.1. The Morgan fingerprint density at radius 1 is 1.05 bits per heavy atom. The fourth-order valence-electron chi connectivity index (χ4n) is 1.69. The van der Waals surface area contributed by atoms with Gasteiger partial charge >= 0.3 is 0 Å². The predicted octanol–water partition coefficient (Wildman–Crippen LogP) is 1.49. The van der Waals surface area contributed by atoms with Gasteiger partial charge in [-0.25, -0.2) is 18.1 Å². The van der Waals surface area contributed by atoms with Crippen molar-refractivity contribution in [3.05, 3.63) is 34.6 Å². The quantitative estimate of drug-likeness (QED) is 0.831. The third kappa shape index (κ3) is 3.10. The van der Waals surface area contributed by atoms with Gasteiger partial charge in [0.15, 0.2) is 0 Å². The van der Waals surface area contributed by atoms with Crippen LogP contribution in [0.4, 0.5) is 11.6 Å². The first-order valence-electron chi connectivity index (χ1n) is 6.28. The fraction of sp³-hybridized carbons (Fsp3) is 0.308. The SMILES string of the molecule is Cc1cc(S(=O)(=O)Nc2nnc(C)c(C)n2)cc(N)c1C. The number of aryl methyl sites for hydroxylation is 3. The van der Waals surface area contributed by atoms with Crippen LogP contribution in [0.15, 0.2) is 17.0 Å². The number of nitrogens with one attached hydrogen (secondary N) is 1. The third-order valence-electron chi connectivity index (χ3n) is 3.31. The average Bonchev–Trinajstić information content (AvgIpc) is 2.39. The number of benzene rings is 1. The highest BCUT2D eigenvalue weighted by molar-refractivity contribution is 7.92. The molecule has 0 unspecified atom stereocenters. The van der Waals surface area contributed by atoms with Crippen molar-refractivity contribution in [3.63, 3.8) is 0 Å². The van der Waals surface area contributed by atoms with Gasteiger partial charge in [0.1, 0.15) is 0 Å². The molecule has 0 radical (unpaired) electrons. The molecule has 0 aliphatic rings. The van der Waals surface area contributed by atoms with Gasteiger partial charge in [0, 0.05) is 5.69 Å². The van der Waals surface area contributed by atoms with E-state index in [4.69, 9.17) is 5.73 Å². The fourth-order valence-corrected chi connectivity index (χ4v) is 2.75. The lowest BCUT2D eigenvalue weighted by atomic mass is 10.1. The molecule has 8 heteroatoms. The molecule has 21 heavy (non-hydrogen) atoms. The molecule has 0 bridgehead atoms. The van der Waals surface area contributed by atoms with Crippen molar-refractivity contribution in [2.45, 2.75) is 32.6 Å². The van der Waals surface area contributed by atoms with E-state index in [1.807, 2.05) is 6.92 Å². The van der Waals surface area contributed by atoms with Gasteiger partial charge in [0.25, 0.3) is 16.0 Å². The van der Waals surface area contributed by atoms with Crippen LogP contribution in [0, 0.1) is 27.7 Å². The van der Waals surface area contributed by atoms with Crippen molar-refractivity contribution >= 4 is 21.7 Å². The van der Waals surface area contributed by atoms with Crippen LogP contribution in [0.1, 0.15) is 22.5 Å². The summed E-state index contributed by atoms with van der Waals surface area (Å²) in [6, 6.07) is 2.97. The van der Waals surface area contributed by atoms with Crippen molar-refractivity contribution in [3.8, 4) is 0 Å². The molecule has 0 fully saturated rings. The van der Waals surface area contributed by atoms with E-state index in [0.29, 0.717) is 17.1 Å². The van der Waals surface area contributed by atoms with Crippen LogP contribution in [0.25, 0.3) is 0 Å². The maximum atomic E-state index is 12.3. The highest BCUT2D eigenvalue weighted by Crippen LogP contribution is 2.22. The van der Waals surface area contributed by atoms with E-state index < -0.39 is 10.0 Å². The third-order valence-corrected chi connectivity index (χ3v) is 4.62. The molecule has 0 saturated carbocycles. The summed E-state index contributed by atoms with van der Waals surface area (Å²) in [7, 11) is -3.80. The Labute approximate surface area is 123 Å². The zero-order valence-electron chi connectivity index (χ0n) is 12.3. The number of aromatic nitrogens is 3. The van der Waals surface area contributed by atoms with E-state index in [1.54, 1.807) is 26.8 Å². The van der Waals surface area contributed by atoms with Crippen molar-refractivity contribution in [2.75, 3.05) is 10.5 Å². The molecule has 7 nitrogen and oxygen atoms in total. The molecule has 112 valence electrons. The van der Waals surface area contributed by atoms with Crippen LogP contribution in [0.3, 0.4) is 0 Å². The zero-order chi connectivity index (χ0) is 15.8. The highest BCUT2D eigenvalue weighted by atomic mass is 32.2. The first kappa shape index (κ1) is 15.2. The van der Waals surface area contributed by atoms with E-state index in [9.17, 15) is 8.42 Å². The highest BCUT2D eigenvalue weighted by Gasteiger charge is 2.18. The van der Waals surface area contributed by atoms with Crippen molar-refractivity contribution in [1.82, 2.24) is 15.2 Å². The van der Waals surface area contributed by atoms with Crippen LogP contribution >= 0.6 is 0 Å². The molecular weight excluding hydrogens is 290 g/mol. The first-order valence-corrected chi connectivity index (χ1v) is 7.76. The number of hydrogen-bond acceptors (Lipinski definition) is 6. The van der Waals surface area contributed by atoms with Gasteiger partial charge in [-0.1, -0.05) is 0 Å². The van der Waals surface area contributed by atoms with Crippen LogP contribution in [0.2, 0.25) is 0 Å². The lowest BCUT2D eigenvalue weighted by Gasteiger charge is -2.11. The molecule has 2 aromatic rings. The molecule has 0 amide bonds. The lowest BCUT2D eigenvalue weighted by Crippen LogP contribution is -2.17. The standard InChI is InChI=1S/C13H17N5O2S/c1-7-5-11(6-12(14)8(7)2)21(19,20)18-13-15-9(3)10(4)16-17-13/h5-6H,14H2,1-4H3,(H,15,17,18). The summed E-state index contributed by atoms with van der Waals surface area (Å²) in [5.41, 5.74) is 9.16. The molecule has 0 spiro atoms. The normalized spacial score (nSPS) is 11.4. The molecule has 2 rings (SSSR count). The minimum Gasteiger partial charge on any atom is -0.398 e. The van der Waals surface area contributed by atoms with Crippen molar-refractivity contribution < 1.29 is 8.42 Å². The molecule has 0 aliphatic carbocycles. The number of hydrogen-bond donors (Lipinski definition) is 2. The number of nitrogen functional groups attached to an aromatic ring is 1. The van der Waals surface area contributed by atoms with E-state index in [0.717, 1.165) is 11.1 Å². The number of rotatable bonds is 3. The topological polar surface area (TPSA) is 111 Å². The minimum absolute atomic E-state index is 0.0603. The molecule has 3 N–H and O–H groups in total. The van der Waals surface area contributed by atoms with Gasteiger partial charge in [0.05, 0.1) is 16.3 Å². The summed E-state index contributed by atoms with van der Waals surface area (Å²) in [6.45, 7) is 7.12. The Hall–Kier alpha value is -2.22. The maximum absolute atomic E-state index is 12.3. The maximum Gasteiger partial charge on any atom is 0.264 e. The van der Waals surface area contributed by atoms with Gasteiger partial charge in [-0.05, 0) is 51.0 Å². The second-order valence-corrected chi connectivity index (χ2v) is 6.55. The van der Waals surface area contributed by atoms with E-state index in [2.05, 4.69) is 19.9 Å². The number of sulfonamides is 1. The summed E-state index contributed by atoms with van der Waals surface area (Å²) in [4.78, 5) is 4.12. The largest absolute Gasteiger partial charge is 0.398 e. The van der Waals surface area contributed by atoms with Gasteiger partial charge < -0.3 is 5.73 Å². The van der Waals surface area contributed by atoms with E-state index >= 15 is 0 Å². The molecule has 0 aliphatic heterocycles. The van der Waals surface area contributed by atoms with Crippen LogP contribution in [0.5, 0.6) is 0 Å². The number of nitrogens with zero attached hydrogens (tertiary/aromatic N) is 3. The Morgan fingerprint density at radius 3 is 2.29 bits per heavy atom. The van der Waals surface area contributed by atoms with Gasteiger partial charge in [-0.15, -0.1) is 5.10 Å². The van der Waals surface area contributed by atoms with Gasteiger partial charge in [-0.3, -0.25) is 0 Å². The Morgan fingerprint density at radius 2 is 1.71 bits per heavy atom. The van der Waals surface area contributed by atoms with Crippen LogP contribution in [-0.2, 0) is 10.0 Å². The van der Waals surface area contributed by atoms with Crippen molar-refractivity contribution in [2.24, 2.45) is 0 Å². The average molecular weight is 307 g/mol. The number of nitrogens with two attached hydrogens (primary N) is 1. The van der Waals surface area contributed by atoms with E-state index in [1.165, 1.54) is 6.07 Å². The molecule has 0 atom stereocenters. The molecular formula is C13H17N5O2S. The second-order valence-electron chi connectivity index (χ2n) is 4.87. The Balaban J connectivity index is 2.40. The second kappa shape index (κ2) is 5.28. The predicted molar refractivity (Wildman–Crippen MR) is 80.4 cm³/mol. The Kier molecular flexibility index (Phi) is 3.82. The molecule has 1 aromatic heterocycles. The summed E-state index contributed by atoms with van der Waals surface area (Å²) in [5, 5.41) is 7.57. The minimum atomic E-state index is -3.80. The lowest BCUT2D eigenvalue weighted by molar-refractivity contribution is 0.600. The molecule has 0 saturated heterocycles. The summed E-state index contributed by atoms with van der Waals surface area (Å²) < 4.78 is 27.0. The van der Waals surface area contributed by atoms with Crippen LogP contribution in [-0.4, -0.2) is 23.6 Å². The molecule has 1 aromatic carbocycles. The first-order chi connectivity index (χ1) is 9.70. The van der Waals surface area contributed by atoms with Crippen LogP contribution < -0.4 is 10.5 Å². The van der Waals surface area contributed by atoms with Gasteiger partial charge in [-0.2, -0.15) is 5.10 Å². The smallest absolute Gasteiger partial charge is 0.264 e.